The second kappa shape index (κ2) is 12.4. The molecule has 0 heterocycles. The molecule has 0 saturated heterocycles. The quantitative estimate of drug-likeness (QED) is 0.349. The van der Waals surface area contributed by atoms with Crippen LogP contribution in [0.2, 0.25) is 0 Å². The summed E-state index contributed by atoms with van der Waals surface area (Å²) in [6, 6.07) is 0. The van der Waals surface area contributed by atoms with E-state index in [0.717, 1.165) is 0 Å². The molecule has 9 nitrogen and oxygen atoms in total. The molecule has 0 aromatic rings. The molecule has 1 rings (SSSR count). The Morgan fingerprint density at radius 1 is 1.00 bits per heavy atom. The van der Waals surface area contributed by atoms with Gasteiger partial charge in [-0.25, -0.2) is 0 Å². The molecule has 0 radical (unpaired) electrons. The summed E-state index contributed by atoms with van der Waals surface area (Å²) in [5.41, 5.74) is 0. The average molecular weight is 387 g/mol. The highest BCUT2D eigenvalue weighted by atomic mass is 16.5. The molecule has 2 N–H and O–H groups in total. The van der Waals surface area contributed by atoms with Gasteiger partial charge in [0.15, 0.2) is 0 Å². The Balaban J connectivity index is 2.07. The van der Waals surface area contributed by atoms with Crippen LogP contribution in [0.5, 0.6) is 0 Å². The number of carboxylic acid groups (broad SMARTS) is 2. The number of rotatable bonds is 13. The van der Waals surface area contributed by atoms with Crippen molar-refractivity contribution in [2.75, 3.05) is 46.6 Å². The minimum atomic E-state index is -1.09. The summed E-state index contributed by atoms with van der Waals surface area (Å²) >= 11 is 0. The summed E-state index contributed by atoms with van der Waals surface area (Å²) < 4.78 is 16.3. The van der Waals surface area contributed by atoms with Crippen LogP contribution in [-0.2, 0) is 28.6 Å². The minimum Gasteiger partial charge on any atom is -0.481 e. The van der Waals surface area contributed by atoms with Crippen molar-refractivity contribution in [2.24, 2.45) is 11.8 Å². The maximum atomic E-state index is 11.2. The van der Waals surface area contributed by atoms with Crippen LogP contribution in [-0.4, -0.2) is 85.7 Å². The molecule has 27 heavy (non-hydrogen) atoms. The molecule has 0 aliphatic heterocycles. The van der Waals surface area contributed by atoms with Gasteiger partial charge in [-0.3, -0.25) is 14.4 Å². The van der Waals surface area contributed by atoms with Crippen LogP contribution >= 0.6 is 0 Å². The first-order valence-electron chi connectivity index (χ1n) is 8.97. The first kappa shape index (κ1) is 23.1. The van der Waals surface area contributed by atoms with E-state index in [9.17, 15) is 19.5 Å². The fraction of sp³-hybridized carbons (Fsp3) is 0.722. The third kappa shape index (κ3) is 8.51. The molecule has 1 amide bonds. The van der Waals surface area contributed by atoms with E-state index >= 15 is 0 Å². The largest absolute Gasteiger partial charge is 0.481 e. The van der Waals surface area contributed by atoms with Gasteiger partial charge < -0.3 is 29.3 Å². The van der Waals surface area contributed by atoms with Crippen LogP contribution in [0.1, 0.15) is 19.3 Å². The van der Waals surface area contributed by atoms with E-state index < -0.39 is 23.8 Å². The van der Waals surface area contributed by atoms with Gasteiger partial charge in [-0.05, 0) is 25.3 Å². The molecule has 1 saturated carbocycles. The summed E-state index contributed by atoms with van der Waals surface area (Å²) in [6.07, 6.45) is 2.01. The second-order valence-electron chi connectivity index (χ2n) is 6.38. The highest BCUT2D eigenvalue weighted by Gasteiger charge is 2.39. The van der Waals surface area contributed by atoms with Crippen LogP contribution in [0.4, 0.5) is 0 Å². The Morgan fingerprint density at radius 3 is 2.19 bits per heavy atom. The number of ether oxygens (including phenoxy) is 3. The Morgan fingerprint density at radius 2 is 1.59 bits per heavy atom. The zero-order chi connectivity index (χ0) is 20.2. The lowest BCUT2D eigenvalue weighted by atomic mass is 9.78. The normalized spacial score (nSPS) is 22.2. The van der Waals surface area contributed by atoms with Crippen molar-refractivity contribution < 1.29 is 38.8 Å². The molecule has 1 fully saturated rings. The van der Waals surface area contributed by atoms with Crippen LogP contribution in [0.3, 0.4) is 0 Å². The molecule has 0 aromatic carbocycles. The molecule has 3 atom stereocenters. The molecule has 1 aliphatic rings. The number of hydrogen-bond acceptors (Lipinski definition) is 6. The number of carbonyl (C=O) groups excluding carboxylic acids is 1. The van der Waals surface area contributed by atoms with Crippen molar-refractivity contribution in [3.05, 3.63) is 12.7 Å². The first-order valence-corrected chi connectivity index (χ1v) is 8.97. The second-order valence-corrected chi connectivity index (χ2v) is 6.38. The van der Waals surface area contributed by atoms with Gasteiger partial charge in [0, 0.05) is 13.6 Å². The van der Waals surface area contributed by atoms with E-state index in [1.165, 1.54) is 11.0 Å². The molecule has 9 heteroatoms. The summed E-state index contributed by atoms with van der Waals surface area (Å²) in [7, 11) is 1.67. The zero-order valence-electron chi connectivity index (χ0n) is 15.7. The maximum Gasteiger partial charge on any atom is 0.307 e. The zero-order valence-corrected chi connectivity index (χ0v) is 15.7. The Kier molecular flexibility index (Phi) is 10.6. The molecule has 3 unspecified atom stereocenters. The molecule has 0 bridgehead atoms. The van der Waals surface area contributed by atoms with E-state index in [-0.39, 0.29) is 18.4 Å². The van der Waals surface area contributed by atoms with E-state index in [2.05, 4.69) is 6.58 Å². The van der Waals surface area contributed by atoms with Crippen LogP contribution in [0.15, 0.2) is 12.7 Å². The highest BCUT2D eigenvalue weighted by molar-refractivity contribution is 5.86. The van der Waals surface area contributed by atoms with Crippen molar-refractivity contribution in [1.82, 2.24) is 4.90 Å². The predicted molar refractivity (Wildman–Crippen MR) is 95.3 cm³/mol. The first-order chi connectivity index (χ1) is 12.9. The number of carboxylic acids is 2. The number of amides is 1. The molecule has 1 aliphatic carbocycles. The summed E-state index contributed by atoms with van der Waals surface area (Å²) in [4.78, 5) is 35.1. The monoisotopic (exact) mass is 387 g/mol. The smallest absolute Gasteiger partial charge is 0.307 e. The SMILES string of the molecule is C=CC(=O)N(C)CCOCCOCCOC1CCC(C(=O)O)C(C(=O)O)C1. The molecule has 0 spiro atoms. The van der Waals surface area contributed by atoms with Crippen LogP contribution in [0, 0.1) is 11.8 Å². The van der Waals surface area contributed by atoms with Crippen LogP contribution in [0.25, 0.3) is 0 Å². The van der Waals surface area contributed by atoms with Crippen molar-refractivity contribution in [1.29, 1.82) is 0 Å². The van der Waals surface area contributed by atoms with Gasteiger partial charge in [0.25, 0.3) is 0 Å². The number of aliphatic carboxylic acids is 2. The Hall–Kier alpha value is -1.97. The van der Waals surface area contributed by atoms with Gasteiger partial charge >= 0.3 is 11.9 Å². The summed E-state index contributed by atoms with van der Waals surface area (Å²) in [5, 5.41) is 18.3. The van der Waals surface area contributed by atoms with Crippen molar-refractivity contribution in [3.63, 3.8) is 0 Å². The lowest BCUT2D eigenvalue weighted by molar-refractivity contribution is -0.159. The van der Waals surface area contributed by atoms with Gasteiger partial charge in [-0.2, -0.15) is 0 Å². The summed E-state index contributed by atoms with van der Waals surface area (Å²) in [5.74, 6) is -4.08. The fourth-order valence-corrected chi connectivity index (χ4v) is 2.92. The maximum absolute atomic E-state index is 11.2. The number of hydrogen-bond donors (Lipinski definition) is 2. The molecular weight excluding hydrogens is 358 g/mol. The topological polar surface area (TPSA) is 123 Å². The summed E-state index contributed by atoms with van der Waals surface area (Å²) in [6.45, 7) is 5.70. The standard InChI is InChI=1S/C18H29NO8/c1-3-16(20)19(2)6-7-25-8-9-26-10-11-27-13-4-5-14(17(21)22)15(12-13)18(23)24/h3,13-15H,1,4-12H2,2H3,(H,21,22)(H,23,24). The van der Waals surface area contributed by atoms with Gasteiger partial charge in [-0.1, -0.05) is 6.58 Å². The lowest BCUT2D eigenvalue weighted by Gasteiger charge is -2.31. The lowest BCUT2D eigenvalue weighted by Crippen LogP contribution is -2.38. The van der Waals surface area contributed by atoms with Crippen molar-refractivity contribution >= 4 is 17.8 Å². The highest BCUT2D eigenvalue weighted by Crippen LogP contribution is 2.32. The van der Waals surface area contributed by atoms with E-state index in [1.54, 1.807) is 7.05 Å². The van der Waals surface area contributed by atoms with Crippen molar-refractivity contribution in [2.45, 2.75) is 25.4 Å². The third-order valence-corrected chi connectivity index (χ3v) is 4.51. The fourth-order valence-electron chi connectivity index (χ4n) is 2.92. The van der Waals surface area contributed by atoms with Gasteiger partial charge in [-0.15, -0.1) is 0 Å². The Bertz CT molecular complexity index is 510. The molecule has 154 valence electrons. The van der Waals surface area contributed by atoms with Crippen LogP contribution < -0.4 is 0 Å². The molecular formula is C18H29NO8. The number of likely N-dealkylation sites (N-methyl/N-ethyl adjacent to an activating group) is 1. The van der Waals surface area contributed by atoms with E-state index in [4.69, 9.17) is 19.3 Å². The predicted octanol–water partition coefficient (Wildman–Crippen LogP) is 0.635. The average Bonchev–Trinajstić information content (AvgIpc) is 2.65. The van der Waals surface area contributed by atoms with E-state index in [1.807, 2.05) is 0 Å². The number of nitrogens with zero attached hydrogens (tertiary/aromatic N) is 1. The van der Waals surface area contributed by atoms with E-state index in [0.29, 0.717) is 52.4 Å². The van der Waals surface area contributed by atoms with Gasteiger partial charge in [0.05, 0.1) is 51.0 Å². The van der Waals surface area contributed by atoms with Crippen molar-refractivity contribution in [3.8, 4) is 0 Å². The third-order valence-electron chi connectivity index (χ3n) is 4.51. The molecule has 0 aromatic heterocycles. The minimum absolute atomic E-state index is 0.158. The Labute approximate surface area is 158 Å². The number of carbonyl (C=O) groups is 3. The van der Waals surface area contributed by atoms with Gasteiger partial charge in [0.2, 0.25) is 5.91 Å². The van der Waals surface area contributed by atoms with Gasteiger partial charge in [0.1, 0.15) is 0 Å².